The molecule has 0 N–H and O–H groups in total. The predicted molar refractivity (Wildman–Crippen MR) is 100 cm³/mol. The van der Waals surface area contributed by atoms with Gasteiger partial charge in [-0.3, -0.25) is 0 Å². The zero-order valence-electron chi connectivity index (χ0n) is 15.1. The van der Waals surface area contributed by atoms with E-state index in [-0.39, 0.29) is 0 Å². The zero-order chi connectivity index (χ0) is 16.0. The number of hydrogen-bond donors (Lipinski definition) is 0. The van der Waals surface area contributed by atoms with Crippen molar-refractivity contribution in [1.82, 2.24) is 0 Å². The highest BCUT2D eigenvalue weighted by atomic mass is 14.1. The lowest BCUT2D eigenvalue weighted by Crippen LogP contribution is -2.01. The maximum Gasteiger partial charge on any atom is -0.0273 e. The fourth-order valence-electron chi connectivity index (χ4n) is 3.26. The van der Waals surface area contributed by atoms with E-state index in [0.29, 0.717) is 0 Å². The third-order valence-corrected chi connectivity index (χ3v) is 4.65. The lowest BCUT2D eigenvalue weighted by molar-refractivity contribution is 0.653. The van der Waals surface area contributed by atoms with E-state index in [1.165, 1.54) is 77.0 Å². The van der Waals surface area contributed by atoms with Gasteiger partial charge in [-0.05, 0) is 55.2 Å². The normalized spacial score (nSPS) is 11.0. The van der Waals surface area contributed by atoms with Gasteiger partial charge < -0.3 is 0 Å². The van der Waals surface area contributed by atoms with E-state index in [0.717, 1.165) is 6.42 Å². The van der Waals surface area contributed by atoms with Crippen LogP contribution in [0.1, 0.15) is 94.7 Å². The van der Waals surface area contributed by atoms with Crippen molar-refractivity contribution in [3.8, 4) is 0 Å². The second-order valence-corrected chi connectivity index (χ2v) is 6.63. The van der Waals surface area contributed by atoms with Crippen molar-refractivity contribution in [3.05, 3.63) is 41.8 Å². The SMILES string of the molecule is [CH2]CCCc1c(CCCCCC)cccc1CCCCCC. The van der Waals surface area contributed by atoms with Gasteiger partial charge in [-0.2, -0.15) is 0 Å². The smallest absolute Gasteiger partial charge is 0.0273 e. The minimum atomic E-state index is 1.06. The van der Waals surface area contributed by atoms with E-state index in [2.05, 4.69) is 39.0 Å². The fourth-order valence-corrected chi connectivity index (χ4v) is 3.26. The van der Waals surface area contributed by atoms with Gasteiger partial charge in [-0.15, -0.1) is 0 Å². The largest absolute Gasteiger partial charge is 0.0654 e. The Labute approximate surface area is 139 Å². The van der Waals surface area contributed by atoms with Crippen molar-refractivity contribution in [2.75, 3.05) is 0 Å². The summed E-state index contributed by atoms with van der Waals surface area (Å²) in [6.45, 7) is 8.61. The number of hydrogen-bond acceptors (Lipinski definition) is 0. The molecule has 1 rings (SSSR count). The van der Waals surface area contributed by atoms with E-state index < -0.39 is 0 Å². The molecule has 1 aromatic rings. The Morgan fingerprint density at radius 1 is 0.682 bits per heavy atom. The monoisotopic (exact) mass is 301 g/mol. The van der Waals surface area contributed by atoms with Crippen LogP contribution in [0.4, 0.5) is 0 Å². The lowest BCUT2D eigenvalue weighted by atomic mass is 9.90. The summed E-state index contributed by atoms with van der Waals surface area (Å²) >= 11 is 0. The van der Waals surface area contributed by atoms with Gasteiger partial charge in [0.25, 0.3) is 0 Å². The van der Waals surface area contributed by atoms with E-state index in [1.807, 2.05) is 0 Å². The van der Waals surface area contributed by atoms with Crippen LogP contribution >= 0.6 is 0 Å². The summed E-state index contributed by atoms with van der Waals surface area (Å²) in [7, 11) is 0. The van der Waals surface area contributed by atoms with Crippen molar-refractivity contribution in [2.45, 2.75) is 97.3 Å². The van der Waals surface area contributed by atoms with Crippen LogP contribution in [0.5, 0.6) is 0 Å². The van der Waals surface area contributed by atoms with Gasteiger partial charge in [-0.1, -0.05) is 83.9 Å². The molecule has 0 atom stereocenters. The topological polar surface area (TPSA) is 0 Å². The van der Waals surface area contributed by atoms with E-state index in [4.69, 9.17) is 0 Å². The second-order valence-electron chi connectivity index (χ2n) is 6.63. The van der Waals surface area contributed by atoms with E-state index in [1.54, 1.807) is 16.7 Å². The minimum absolute atomic E-state index is 1.06. The first-order chi connectivity index (χ1) is 10.8. The highest BCUT2D eigenvalue weighted by Gasteiger charge is 2.08. The molecule has 0 aromatic heterocycles. The first-order valence-electron chi connectivity index (χ1n) is 9.72. The molecule has 0 heteroatoms. The predicted octanol–water partition coefficient (Wildman–Crippen LogP) is 7.09. The summed E-state index contributed by atoms with van der Waals surface area (Å²) in [5, 5.41) is 0. The molecule has 1 radical (unpaired) electrons. The van der Waals surface area contributed by atoms with Crippen LogP contribution in [-0.2, 0) is 19.3 Å². The molecule has 0 unspecified atom stereocenters. The third kappa shape index (κ3) is 7.47. The summed E-state index contributed by atoms with van der Waals surface area (Å²) in [5.74, 6) is 0. The Morgan fingerprint density at radius 3 is 1.68 bits per heavy atom. The Hall–Kier alpha value is -0.780. The number of benzene rings is 1. The number of rotatable bonds is 13. The molecule has 125 valence electrons. The van der Waals surface area contributed by atoms with Crippen LogP contribution in [0, 0.1) is 6.92 Å². The number of unbranched alkanes of at least 4 members (excludes halogenated alkanes) is 7. The van der Waals surface area contributed by atoms with Crippen molar-refractivity contribution >= 4 is 0 Å². The summed E-state index contributed by atoms with van der Waals surface area (Å²) in [6, 6.07) is 7.04. The van der Waals surface area contributed by atoms with Gasteiger partial charge in [0.1, 0.15) is 0 Å². The maximum absolute atomic E-state index is 4.03. The van der Waals surface area contributed by atoms with Crippen LogP contribution in [-0.4, -0.2) is 0 Å². The van der Waals surface area contributed by atoms with E-state index >= 15 is 0 Å². The fraction of sp³-hybridized carbons (Fsp3) is 0.682. The molecule has 1 aromatic carbocycles. The first kappa shape index (κ1) is 19.3. The molecule has 0 aliphatic carbocycles. The molecule has 0 nitrogen and oxygen atoms in total. The minimum Gasteiger partial charge on any atom is -0.0654 e. The Morgan fingerprint density at radius 2 is 1.23 bits per heavy atom. The summed E-state index contributed by atoms with van der Waals surface area (Å²) in [5.41, 5.74) is 4.91. The summed E-state index contributed by atoms with van der Waals surface area (Å²) in [6.07, 6.45) is 16.9. The van der Waals surface area contributed by atoms with Crippen molar-refractivity contribution in [1.29, 1.82) is 0 Å². The molecular formula is C22H37. The molecule has 0 amide bonds. The zero-order valence-corrected chi connectivity index (χ0v) is 15.1. The molecule has 0 aliphatic rings. The van der Waals surface area contributed by atoms with Gasteiger partial charge >= 0.3 is 0 Å². The standard InChI is InChI=1S/C22H37/c1-4-7-10-12-15-20-17-14-18-21(16-13-11-8-5-2)22(20)19-9-6-3/h14,17-18H,3-13,15-16,19H2,1-2H3. The molecule has 0 saturated carbocycles. The van der Waals surface area contributed by atoms with Crippen LogP contribution in [0.3, 0.4) is 0 Å². The average Bonchev–Trinajstić information content (AvgIpc) is 2.54. The molecule has 0 aliphatic heterocycles. The first-order valence-corrected chi connectivity index (χ1v) is 9.72. The molecule has 0 bridgehead atoms. The van der Waals surface area contributed by atoms with Crippen LogP contribution in [0.25, 0.3) is 0 Å². The summed E-state index contributed by atoms with van der Waals surface area (Å²) < 4.78 is 0. The van der Waals surface area contributed by atoms with Gasteiger partial charge in [-0.25, -0.2) is 0 Å². The highest BCUT2D eigenvalue weighted by molar-refractivity contribution is 5.36. The maximum atomic E-state index is 4.03. The quantitative estimate of drug-likeness (QED) is 0.341. The lowest BCUT2D eigenvalue weighted by Gasteiger charge is -2.15. The van der Waals surface area contributed by atoms with Crippen LogP contribution < -0.4 is 0 Å². The molecule has 0 saturated heterocycles. The van der Waals surface area contributed by atoms with Gasteiger partial charge in [0.15, 0.2) is 0 Å². The van der Waals surface area contributed by atoms with Crippen molar-refractivity contribution in [2.24, 2.45) is 0 Å². The molecule has 22 heavy (non-hydrogen) atoms. The highest BCUT2D eigenvalue weighted by Crippen LogP contribution is 2.22. The van der Waals surface area contributed by atoms with Gasteiger partial charge in [0.05, 0.1) is 0 Å². The van der Waals surface area contributed by atoms with Gasteiger partial charge in [0.2, 0.25) is 0 Å². The Kier molecular flexibility index (Phi) is 11.2. The number of aryl methyl sites for hydroxylation is 2. The Bertz CT molecular complexity index is 347. The van der Waals surface area contributed by atoms with Crippen LogP contribution in [0.15, 0.2) is 18.2 Å². The molecular weight excluding hydrogens is 264 g/mol. The van der Waals surface area contributed by atoms with Crippen molar-refractivity contribution < 1.29 is 0 Å². The van der Waals surface area contributed by atoms with Crippen LogP contribution in [0.2, 0.25) is 0 Å². The molecule has 0 fully saturated rings. The second kappa shape index (κ2) is 12.7. The average molecular weight is 302 g/mol. The Balaban J connectivity index is 2.67. The van der Waals surface area contributed by atoms with Gasteiger partial charge in [0, 0.05) is 0 Å². The third-order valence-electron chi connectivity index (χ3n) is 4.65. The van der Waals surface area contributed by atoms with Crippen molar-refractivity contribution in [3.63, 3.8) is 0 Å². The molecule has 0 spiro atoms. The summed E-state index contributed by atoms with van der Waals surface area (Å²) in [4.78, 5) is 0. The molecule has 0 heterocycles. The van der Waals surface area contributed by atoms with E-state index in [9.17, 15) is 0 Å².